The van der Waals surface area contributed by atoms with Crippen LogP contribution in [0.1, 0.15) is 35.2 Å². The normalized spacial score (nSPS) is 15.0. The third-order valence-corrected chi connectivity index (χ3v) is 3.25. The molecule has 1 aliphatic heterocycles. The van der Waals surface area contributed by atoms with E-state index in [-0.39, 0.29) is 0 Å². The zero-order valence-electron chi connectivity index (χ0n) is 10.5. The first kappa shape index (κ1) is 12.4. The molecule has 0 amide bonds. The number of hydrogen-bond acceptors (Lipinski definition) is 4. The van der Waals surface area contributed by atoms with Crippen LogP contribution in [0.4, 0.5) is 5.69 Å². The number of anilines is 1. The van der Waals surface area contributed by atoms with Crippen molar-refractivity contribution in [1.82, 2.24) is 0 Å². The first-order valence-electron chi connectivity index (χ1n) is 6.13. The van der Waals surface area contributed by atoms with E-state index in [4.69, 9.17) is 5.26 Å². The largest absolute Gasteiger partial charge is 0.465 e. The molecule has 4 heteroatoms. The van der Waals surface area contributed by atoms with Crippen LogP contribution in [-0.2, 0) is 4.74 Å². The van der Waals surface area contributed by atoms with Crippen molar-refractivity contribution in [1.29, 1.82) is 5.26 Å². The number of nitrogens with zero attached hydrogens (tertiary/aromatic N) is 2. The second-order valence-corrected chi connectivity index (χ2v) is 4.38. The lowest BCUT2D eigenvalue weighted by molar-refractivity contribution is 0.0600. The molecular weight excluding hydrogens is 228 g/mol. The highest BCUT2D eigenvalue weighted by Gasteiger charge is 2.16. The Morgan fingerprint density at radius 2 is 2.06 bits per heavy atom. The summed E-state index contributed by atoms with van der Waals surface area (Å²) in [5, 5.41) is 9.11. The molecule has 4 nitrogen and oxygen atoms in total. The number of esters is 1. The number of hydrogen-bond donors (Lipinski definition) is 0. The molecule has 0 spiro atoms. The molecule has 0 bridgehead atoms. The summed E-state index contributed by atoms with van der Waals surface area (Å²) in [4.78, 5) is 13.7. The van der Waals surface area contributed by atoms with E-state index in [0.29, 0.717) is 11.1 Å². The van der Waals surface area contributed by atoms with Gasteiger partial charge in [0.15, 0.2) is 0 Å². The molecule has 1 aromatic rings. The lowest BCUT2D eigenvalue weighted by atomic mass is 10.1. The molecule has 1 heterocycles. The Balaban J connectivity index is 2.29. The van der Waals surface area contributed by atoms with E-state index >= 15 is 0 Å². The number of carbonyl (C=O) groups excluding carboxylic acids is 1. The number of methoxy groups -OCH3 is 1. The van der Waals surface area contributed by atoms with Gasteiger partial charge in [0.2, 0.25) is 0 Å². The smallest absolute Gasteiger partial charge is 0.339 e. The fourth-order valence-corrected chi connectivity index (χ4v) is 2.26. The van der Waals surface area contributed by atoms with Crippen LogP contribution in [0.15, 0.2) is 18.2 Å². The number of rotatable bonds is 2. The molecule has 0 aliphatic carbocycles. The van der Waals surface area contributed by atoms with Crippen LogP contribution in [0.25, 0.3) is 0 Å². The van der Waals surface area contributed by atoms with Crippen LogP contribution >= 0.6 is 0 Å². The van der Waals surface area contributed by atoms with Gasteiger partial charge in [-0.15, -0.1) is 0 Å². The Hall–Kier alpha value is -2.02. The van der Waals surface area contributed by atoms with Crippen molar-refractivity contribution in [3.05, 3.63) is 29.3 Å². The monoisotopic (exact) mass is 244 g/mol. The van der Waals surface area contributed by atoms with Gasteiger partial charge in [0.25, 0.3) is 0 Å². The van der Waals surface area contributed by atoms with Gasteiger partial charge in [0.05, 0.1) is 18.2 Å². The second kappa shape index (κ2) is 5.54. The standard InChI is InChI=1S/C14H16N2O2/c1-18-14(17)13-6-5-12(9-11(13)10-15)16-7-3-2-4-8-16/h5-6,9H,2-4,7-8H2,1H3. The summed E-state index contributed by atoms with van der Waals surface area (Å²) >= 11 is 0. The van der Waals surface area contributed by atoms with Crippen molar-refractivity contribution in [3.63, 3.8) is 0 Å². The average Bonchev–Trinajstić information content (AvgIpc) is 2.46. The summed E-state index contributed by atoms with van der Waals surface area (Å²) in [6.07, 6.45) is 3.63. The maximum absolute atomic E-state index is 11.5. The van der Waals surface area contributed by atoms with E-state index < -0.39 is 5.97 Å². The first-order valence-corrected chi connectivity index (χ1v) is 6.13. The topological polar surface area (TPSA) is 53.3 Å². The van der Waals surface area contributed by atoms with Crippen molar-refractivity contribution >= 4 is 11.7 Å². The number of carbonyl (C=O) groups is 1. The zero-order chi connectivity index (χ0) is 13.0. The van der Waals surface area contributed by atoms with Gasteiger partial charge in [-0.25, -0.2) is 4.79 Å². The lowest BCUT2D eigenvalue weighted by Crippen LogP contribution is -2.29. The Morgan fingerprint density at radius 1 is 1.33 bits per heavy atom. The Bertz CT molecular complexity index is 485. The van der Waals surface area contributed by atoms with E-state index in [1.807, 2.05) is 6.07 Å². The van der Waals surface area contributed by atoms with Crippen LogP contribution in [0.2, 0.25) is 0 Å². The Morgan fingerprint density at radius 3 is 2.67 bits per heavy atom. The first-order chi connectivity index (χ1) is 8.76. The molecule has 0 unspecified atom stereocenters. The van der Waals surface area contributed by atoms with E-state index in [1.54, 1.807) is 12.1 Å². The highest BCUT2D eigenvalue weighted by Crippen LogP contribution is 2.23. The molecular formula is C14H16N2O2. The fourth-order valence-electron chi connectivity index (χ4n) is 2.26. The summed E-state index contributed by atoms with van der Waals surface area (Å²) < 4.78 is 4.66. The summed E-state index contributed by atoms with van der Waals surface area (Å²) in [6, 6.07) is 7.40. The predicted octanol–water partition coefficient (Wildman–Crippen LogP) is 2.34. The average molecular weight is 244 g/mol. The molecule has 94 valence electrons. The van der Waals surface area contributed by atoms with Gasteiger partial charge >= 0.3 is 5.97 Å². The second-order valence-electron chi connectivity index (χ2n) is 4.38. The minimum absolute atomic E-state index is 0.334. The van der Waals surface area contributed by atoms with Crippen LogP contribution in [0, 0.1) is 11.3 Å². The van der Waals surface area contributed by atoms with Crippen molar-refractivity contribution in [2.45, 2.75) is 19.3 Å². The number of piperidine rings is 1. The van der Waals surface area contributed by atoms with Gasteiger partial charge in [-0.1, -0.05) is 0 Å². The molecule has 18 heavy (non-hydrogen) atoms. The number of benzene rings is 1. The quantitative estimate of drug-likeness (QED) is 0.749. The maximum atomic E-state index is 11.5. The van der Waals surface area contributed by atoms with Crippen LogP contribution in [0.5, 0.6) is 0 Å². The molecule has 1 fully saturated rings. The van der Waals surface area contributed by atoms with Crippen LogP contribution < -0.4 is 4.90 Å². The maximum Gasteiger partial charge on any atom is 0.339 e. The third-order valence-electron chi connectivity index (χ3n) is 3.25. The van der Waals surface area contributed by atoms with Crippen molar-refractivity contribution in [2.75, 3.05) is 25.1 Å². The summed E-state index contributed by atoms with van der Waals surface area (Å²) in [6.45, 7) is 2.03. The van der Waals surface area contributed by atoms with Crippen molar-refractivity contribution < 1.29 is 9.53 Å². The van der Waals surface area contributed by atoms with Crippen LogP contribution in [0.3, 0.4) is 0 Å². The van der Waals surface area contributed by atoms with E-state index in [2.05, 4.69) is 15.7 Å². The highest BCUT2D eigenvalue weighted by molar-refractivity contribution is 5.92. The molecule has 0 saturated carbocycles. The molecule has 0 atom stereocenters. The predicted molar refractivity (Wildman–Crippen MR) is 68.6 cm³/mol. The molecule has 0 N–H and O–H groups in total. The number of ether oxygens (including phenoxy) is 1. The molecule has 0 radical (unpaired) electrons. The number of nitriles is 1. The van der Waals surface area contributed by atoms with Gasteiger partial charge in [-0.3, -0.25) is 0 Å². The highest BCUT2D eigenvalue weighted by atomic mass is 16.5. The zero-order valence-corrected chi connectivity index (χ0v) is 10.5. The minimum Gasteiger partial charge on any atom is -0.465 e. The minimum atomic E-state index is -0.461. The summed E-state index contributed by atoms with van der Waals surface area (Å²) in [7, 11) is 1.32. The summed E-state index contributed by atoms with van der Waals surface area (Å²) in [5.41, 5.74) is 1.73. The molecule has 0 aromatic heterocycles. The molecule has 1 aromatic carbocycles. The molecule has 1 aliphatic rings. The van der Waals surface area contributed by atoms with E-state index in [0.717, 1.165) is 18.8 Å². The Kier molecular flexibility index (Phi) is 3.83. The van der Waals surface area contributed by atoms with Gasteiger partial charge in [-0.2, -0.15) is 5.26 Å². The molecule has 1 saturated heterocycles. The van der Waals surface area contributed by atoms with Crippen molar-refractivity contribution in [2.24, 2.45) is 0 Å². The fraction of sp³-hybridized carbons (Fsp3) is 0.429. The van der Waals surface area contributed by atoms with Crippen molar-refractivity contribution in [3.8, 4) is 6.07 Å². The van der Waals surface area contributed by atoms with Gasteiger partial charge < -0.3 is 9.64 Å². The van der Waals surface area contributed by atoms with Gasteiger partial charge in [0.1, 0.15) is 6.07 Å². The summed E-state index contributed by atoms with van der Waals surface area (Å²) in [5.74, 6) is -0.461. The third kappa shape index (κ3) is 2.45. The van der Waals surface area contributed by atoms with Crippen LogP contribution in [-0.4, -0.2) is 26.2 Å². The SMILES string of the molecule is COC(=O)c1ccc(N2CCCCC2)cc1C#N. The molecule has 2 rings (SSSR count). The van der Waals surface area contributed by atoms with E-state index in [1.165, 1.54) is 26.4 Å². The van der Waals surface area contributed by atoms with Gasteiger partial charge in [0, 0.05) is 18.8 Å². The Labute approximate surface area is 107 Å². The van der Waals surface area contributed by atoms with Gasteiger partial charge in [-0.05, 0) is 37.5 Å². The lowest BCUT2D eigenvalue weighted by Gasteiger charge is -2.29. The van der Waals surface area contributed by atoms with E-state index in [9.17, 15) is 4.79 Å².